The van der Waals surface area contributed by atoms with Crippen LogP contribution in [0.3, 0.4) is 0 Å². The Labute approximate surface area is 154 Å². The molecule has 0 N–H and O–H groups in total. The van der Waals surface area contributed by atoms with Gasteiger partial charge in [-0.15, -0.1) is 0 Å². The van der Waals surface area contributed by atoms with Gasteiger partial charge in [0.15, 0.2) is 0 Å². The van der Waals surface area contributed by atoms with Crippen LogP contribution in [0.15, 0.2) is 23.3 Å². The Balaban J connectivity index is 1.33. The molecule has 5 rings (SSSR count). The molecule has 8 nitrogen and oxygen atoms in total. The highest BCUT2D eigenvalue weighted by atomic mass is 32.2. The summed E-state index contributed by atoms with van der Waals surface area (Å²) in [6.45, 7) is 4.38. The molecule has 2 aliphatic rings. The Bertz CT molecular complexity index is 1040. The van der Waals surface area contributed by atoms with Crippen molar-refractivity contribution in [2.24, 2.45) is 5.92 Å². The molecule has 0 atom stereocenters. The predicted molar refractivity (Wildman–Crippen MR) is 99.6 cm³/mol. The highest BCUT2D eigenvalue weighted by Crippen LogP contribution is 2.26. The Kier molecular flexibility index (Phi) is 3.70. The first-order valence-corrected chi connectivity index (χ1v) is 9.93. The van der Waals surface area contributed by atoms with Gasteiger partial charge in [-0.1, -0.05) is 0 Å². The van der Waals surface area contributed by atoms with E-state index < -0.39 is 0 Å². The van der Waals surface area contributed by atoms with Crippen LogP contribution in [0.2, 0.25) is 0 Å². The molecular formula is C17H19N7OS. The van der Waals surface area contributed by atoms with Gasteiger partial charge in [0.1, 0.15) is 12.1 Å². The van der Waals surface area contributed by atoms with E-state index in [0.29, 0.717) is 18.2 Å². The number of rotatable bonds is 3. The van der Waals surface area contributed by atoms with E-state index in [2.05, 4.69) is 25.1 Å². The highest BCUT2D eigenvalue weighted by Gasteiger charge is 2.30. The van der Waals surface area contributed by atoms with Gasteiger partial charge < -0.3 is 4.90 Å². The van der Waals surface area contributed by atoms with Crippen LogP contribution in [-0.2, 0) is 18.7 Å². The average Bonchev–Trinajstić information content (AvgIpc) is 3.05. The predicted octanol–water partition coefficient (Wildman–Crippen LogP) is 0.915. The lowest BCUT2D eigenvalue weighted by atomic mass is 10.00. The second kappa shape index (κ2) is 6.08. The van der Waals surface area contributed by atoms with Gasteiger partial charge >= 0.3 is 0 Å². The third kappa shape index (κ3) is 2.66. The molecular weight excluding hydrogens is 350 g/mol. The number of aromatic nitrogens is 6. The molecule has 0 aliphatic carbocycles. The lowest BCUT2D eigenvalue weighted by Crippen LogP contribution is -2.50. The van der Waals surface area contributed by atoms with E-state index >= 15 is 0 Å². The zero-order valence-corrected chi connectivity index (χ0v) is 15.3. The summed E-state index contributed by atoms with van der Waals surface area (Å²) in [5.74, 6) is 4.02. The molecule has 0 spiro atoms. The molecule has 2 aliphatic heterocycles. The van der Waals surface area contributed by atoms with E-state index in [4.69, 9.17) is 0 Å². The van der Waals surface area contributed by atoms with Crippen molar-refractivity contribution in [2.45, 2.75) is 25.6 Å². The molecule has 0 bridgehead atoms. The van der Waals surface area contributed by atoms with Gasteiger partial charge in [0.25, 0.3) is 11.3 Å². The normalized spacial score (nSPS) is 17.3. The fourth-order valence-electron chi connectivity index (χ4n) is 3.64. The maximum atomic E-state index is 12.3. The molecule has 0 saturated carbocycles. The lowest BCUT2D eigenvalue weighted by Gasteiger charge is -2.40. The third-order valence-electron chi connectivity index (χ3n) is 4.98. The Morgan fingerprint density at radius 2 is 2.19 bits per heavy atom. The Hall–Kier alpha value is -2.42. The summed E-state index contributed by atoms with van der Waals surface area (Å²) < 4.78 is 3.42. The smallest absolute Gasteiger partial charge is 0.267 e. The van der Waals surface area contributed by atoms with Gasteiger partial charge in [-0.05, 0) is 18.2 Å². The summed E-state index contributed by atoms with van der Waals surface area (Å²) in [6, 6.07) is 3.80. The van der Waals surface area contributed by atoms with Crippen molar-refractivity contribution in [3.8, 4) is 0 Å². The van der Waals surface area contributed by atoms with Gasteiger partial charge in [0.05, 0.1) is 12.2 Å². The first kappa shape index (κ1) is 15.8. The summed E-state index contributed by atoms with van der Waals surface area (Å²) in [4.78, 5) is 23.2. The minimum atomic E-state index is 0.0168. The number of hydrogen-bond acceptors (Lipinski definition) is 7. The van der Waals surface area contributed by atoms with Crippen molar-refractivity contribution in [3.63, 3.8) is 0 Å². The fraction of sp³-hybridized carbons (Fsp3) is 0.471. The summed E-state index contributed by atoms with van der Waals surface area (Å²) in [6.07, 6.45) is 2.48. The molecule has 1 saturated heterocycles. The van der Waals surface area contributed by atoms with Crippen molar-refractivity contribution in [1.29, 1.82) is 0 Å². The first-order valence-electron chi connectivity index (χ1n) is 8.77. The largest absolute Gasteiger partial charge is 0.356 e. The molecule has 0 amide bonds. The van der Waals surface area contributed by atoms with Crippen LogP contribution in [-0.4, -0.2) is 48.2 Å². The van der Waals surface area contributed by atoms with Crippen molar-refractivity contribution in [3.05, 3.63) is 45.8 Å². The average molecular weight is 369 g/mol. The standard InChI is InChI=1S/C17H19N7OS/c1-11-4-15(24-17(20-11)18-10-19-24)22-6-12(7-22)8-23-16(25)5-13-9-26-3-2-14(13)21-23/h4-5,10,12H,2-3,6-9H2,1H3. The summed E-state index contributed by atoms with van der Waals surface area (Å²) in [5.41, 5.74) is 3.14. The monoisotopic (exact) mass is 369 g/mol. The van der Waals surface area contributed by atoms with E-state index in [0.717, 1.165) is 53.8 Å². The number of aryl methyl sites for hydroxylation is 2. The van der Waals surface area contributed by atoms with Crippen LogP contribution in [0.1, 0.15) is 17.0 Å². The number of anilines is 1. The molecule has 3 aromatic heterocycles. The van der Waals surface area contributed by atoms with Crippen molar-refractivity contribution in [1.82, 2.24) is 29.4 Å². The molecule has 134 valence electrons. The molecule has 0 aromatic carbocycles. The van der Waals surface area contributed by atoms with Crippen LogP contribution < -0.4 is 10.5 Å². The first-order chi connectivity index (χ1) is 12.7. The van der Waals surface area contributed by atoms with E-state index in [1.807, 2.05) is 24.8 Å². The van der Waals surface area contributed by atoms with Crippen molar-refractivity contribution >= 4 is 23.4 Å². The molecule has 5 heterocycles. The van der Waals surface area contributed by atoms with Crippen LogP contribution >= 0.6 is 11.8 Å². The second-order valence-corrected chi connectivity index (χ2v) is 8.04. The summed E-state index contributed by atoms with van der Waals surface area (Å²) in [7, 11) is 0. The lowest BCUT2D eigenvalue weighted by molar-refractivity contribution is 0.329. The Morgan fingerprint density at radius 1 is 1.31 bits per heavy atom. The molecule has 9 heteroatoms. The minimum Gasteiger partial charge on any atom is -0.356 e. The van der Waals surface area contributed by atoms with E-state index in [-0.39, 0.29) is 5.56 Å². The zero-order chi connectivity index (χ0) is 17.7. The van der Waals surface area contributed by atoms with Gasteiger partial charge in [0, 0.05) is 49.0 Å². The number of nitrogens with zero attached hydrogens (tertiary/aromatic N) is 7. The maximum Gasteiger partial charge on any atom is 0.267 e. The van der Waals surface area contributed by atoms with Crippen molar-refractivity contribution < 1.29 is 0 Å². The highest BCUT2D eigenvalue weighted by molar-refractivity contribution is 7.98. The molecule has 1 fully saturated rings. The van der Waals surface area contributed by atoms with Gasteiger partial charge in [-0.2, -0.15) is 31.5 Å². The summed E-state index contributed by atoms with van der Waals surface area (Å²) in [5, 5.41) is 8.89. The van der Waals surface area contributed by atoms with Crippen LogP contribution in [0.4, 0.5) is 5.82 Å². The SMILES string of the molecule is Cc1cc(N2CC(Cn3nc4c(cc3=O)CSCC4)C2)n2ncnc2n1. The maximum absolute atomic E-state index is 12.3. The third-order valence-corrected chi connectivity index (χ3v) is 5.99. The van der Waals surface area contributed by atoms with Crippen molar-refractivity contribution in [2.75, 3.05) is 23.7 Å². The molecule has 3 aromatic rings. The van der Waals surface area contributed by atoms with Crippen LogP contribution in [0.5, 0.6) is 0 Å². The minimum absolute atomic E-state index is 0.0168. The fourth-order valence-corrected chi connectivity index (χ4v) is 4.59. The number of fused-ring (bicyclic) bond motifs is 2. The molecule has 0 radical (unpaired) electrons. The van der Waals surface area contributed by atoms with Gasteiger partial charge in [-0.25, -0.2) is 9.67 Å². The quantitative estimate of drug-likeness (QED) is 0.679. The van der Waals surface area contributed by atoms with E-state index in [9.17, 15) is 4.79 Å². The molecule has 26 heavy (non-hydrogen) atoms. The topological polar surface area (TPSA) is 81.2 Å². The van der Waals surface area contributed by atoms with Gasteiger partial charge in [-0.3, -0.25) is 4.79 Å². The number of hydrogen-bond donors (Lipinski definition) is 0. The van der Waals surface area contributed by atoms with Crippen LogP contribution in [0, 0.1) is 12.8 Å². The van der Waals surface area contributed by atoms with Crippen LogP contribution in [0.25, 0.3) is 5.78 Å². The molecule has 0 unspecified atom stereocenters. The van der Waals surface area contributed by atoms with E-state index in [1.165, 1.54) is 6.33 Å². The zero-order valence-electron chi connectivity index (χ0n) is 14.5. The number of thioether (sulfide) groups is 1. The van der Waals surface area contributed by atoms with Gasteiger partial charge in [0.2, 0.25) is 0 Å². The van der Waals surface area contributed by atoms with E-state index in [1.54, 1.807) is 15.3 Å². The Morgan fingerprint density at radius 3 is 3.08 bits per heavy atom. The summed E-state index contributed by atoms with van der Waals surface area (Å²) >= 11 is 1.87. The second-order valence-electron chi connectivity index (χ2n) is 6.94.